The quantitative estimate of drug-likeness (QED) is 0.850. The van der Waals surface area contributed by atoms with E-state index in [1.807, 2.05) is 4.68 Å². The zero-order valence-electron chi connectivity index (χ0n) is 12.0. The number of rotatable bonds is 5. The third kappa shape index (κ3) is 3.75. The van der Waals surface area contributed by atoms with Crippen LogP contribution in [0.15, 0.2) is 6.33 Å². The third-order valence-corrected chi connectivity index (χ3v) is 3.25. The Morgan fingerprint density at radius 2 is 2.32 bits per heavy atom. The highest BCUT2D eigenvalue weighted by molar-refractivity contribution is 4.90. The van der Waals surface area contributed by atoms with Crippen molar-refractivity contribution in [3.63, 3.8) is 0 Å². The highest BCUT2D eigenvalue weighted by atomic mass is 16.5. The fourth-order valence-electron chi connectivity index (χ4n) is 2.64. The molecule has 1 aromatic rings. The van der Waals surface area contributed by atoms with Crippen molar-refractivity contribution in [1.82, 2.24) is 19.7 Å². The summed E-state index contributed by atoms with van der Waals surface area (Å²) in [6.07, 6.45) is 2.54. The molecular weight excluding hydrogens is 244 g/mol. The van der Waals surface area contributed by atoms with Gasteiger partial charge in [-0.2, -0.15) is 5.10 Å². The summed E-state index contributed by atoms with van der Waals surface area (Å²) in [6, 6.07) is 0. The lowest BCUT2D eigenvalue weighted by Gasteiger charge is -2.42. The van der Waals surface area contributed by atoms with E-state index in [4.69, 9.17) is 4.74 Å². The number of hydrogen-bond acceptors (Lipinski definition) is 5. The minimum atomic E-state index is -0.235. The Balaban J connectivity index is 2.03. The number of aromatic nitrogens is 3. The smallest absolute Gasteiger partial charge is 0.141 e. The van der Waals surface area contributed by atoms with Crippen LogP contribution < -0.4 is 0 Å². The van der Waals surface area contributed by atoms with Crippen molar-refractivity contribution in [2.45, 2.75) is 52.0 Å². The summed E-state index contributed by atoms with van der Waals surface area (Å²) in [4.78, 5) is 6.61. The van der Waals surface area contributed by atoms with Gasteiger partial charge < -0.3 is 9.84 Å². The summed E-state index contributed by atoms with van der Waals surface area (Å²) < 4.78 is 7.77. The van der Waals surface area contributed by atoms with Gasteiger partial charge in [0.05, 0.1) is 24.9 Å². The Kier molecular flexibility index (Phi) is 4.54. The van der Waals surface area contributed by atoms with Crippen LogP contribution in [0.25, 0.3) is 0 Å². The molecule has 1 N–H and O–H groups in total. The van der Waals surface area contributed by atoms with Gasteiger partial charge in [-0.3, -0.25) is 4.90 Å². The lowest BCUT2D eigenvalue weighted by atomic mass is 10.1. The topological polar surface area (TPSA) is 63.4 Å². The van der Waals surface area contributed by atoms with Crippen LogP contribution in [-0.2, 0) is 17.8 Å². The average Bonchev–Trinajstić information content (AvgIpc) is 2.75. The maximum Gasteiger partial charge on any atom is 0.141 e. The second-order valence-electron chi connectivity index (χ2n) is 5.75. The minimum absolute atomic E-state index is 0.0571. The van der Waals surface area contributed by atoms with E-state index in [1.54, 1.807) is 6.33 Å². The fourth-order valence-corrected chi connectivity index (χ4v) is 2.64. The molecule has 2 rings (SSSR count). The number of aryl methyl sites for hydroxylation is 1. The van der Waals surface area contributed by atoms with Crippen LogP contribution in [0, 0.1) is 0 Å². The molecule has 0 aromatic carbocycles. The van der Waals surface area contributed by atoms with E-state index in [-0.39, 0.29) is 18.3 Å². The number of aliphatic hydroxyl groups excluding tert-OH is 1. The van der Waals surface area contributed by atoms with Gasteiger partial charge in [0, 0.05) is 19.6 Å². The second-order valence-corrected chi connectivity index (χ2v) is 5.75. The molecule has 1 aliphatic heterocycles. The molecule has 1 aliphatic rings. The monoisotopic (exact) mass is 268 g/mol. The van der Waals surface area contributed by atoms with Crippen molar-refractivity contribution in [3.8, 4) is 0 Å². The molecule has 1 saturated heterocycles. The molecule has 0 radical (unpaired) electrons. The maximum atomic E-state index is 9.32. The number of morpholine rings is 1. The van der Waals surface area contributed by atoms with E-state index in [2.05, 4.69) is 35.8 Å². The van der Waals surface area contributed by atoms with Crippen LogP contribution in [0.2, 0.25) is 0 Å². The van der Waals surface area contributed by atoms with Gasteiger partial charge in [0.1, 0.15) is 12.2 Å². The average molecular weight is 268 g/mol. The Morgan fingerprint density at radius 1 is 1.53 bits per heavy atom. The zero-order chi connectivity index (χ0) is 13.9. The van der Waals surface area contributed by atoms with E-state index in [1.165, 1.54) is 0 Å². The molecule has 2 heterocycles. The van der Waals surface area contributed by atoms with Crippen LogP contribution in [0.4, 0.5) is 0 Å². The molecule has 1 unspecified atom stereocenters. The SMILES string of the molecule is CCCn1ncnc1CN1CC(CO)OC(C)(C)C1. The van der Waals surface area contributed by atoms with E-state index in [0.717, 1.165) is 38.4 Å². The van der Waals surface area contributed by atoms with E-state index in [0.29, 0.717) is 0 Å². The van der Waals surface area contributed by atoms with Gasteiger partial charge in [-0.1, -0.05) is 6.92 Å². The van der Waals surface area contributed by atoms with Crippen LogP contribution in [0.5, 0.6) is 0 Å². The van der Waals surface area contributed by atoms with Gasteiger partial charge in [0.15, 0.2) is 0 Å². The first kappa shape index (κ1) is 14.4. The Labute approximate surface area is 114 Å². The molecule has 1 aromatic heterocycles. The van der Waals surface area contributed by atoms with Crippen LogP contribution >= 0.6 is 0 Å². The predicted molar refractivity (Wildman–Crippen MR) is 71.6 cm³/mol. The van der Waals surface area contributed by atoms with E-state index < -0.39 is 0 Å². The molecule has 0 amide bonds. The van der Waals surface area contributed by atoms with Gasteiger partial charge in [0.25, 0.3) is 0 Å². The van der Waals surface area contributed by atoms with Gasteiger partial charge >= 0.3 is 0 Å². The summed E-state index contributed by atoms with van der Waals surface area (Å²) in [5.74, 6) is 0.983. The molecule has 0 saturated carbocycles. The van der Waals surface area contributed by atoms with Crippen molar-refractivity contribution >= 4 is 0 Å². The van der Waals surface area contributed by atoms with Crippen molar-refractivity contribution in [2.24, 2.45) is 0 Å². The summed E-state index contributed by atoms with van der Waals surface area (Å²) >= 11 is 0. The molecule has 0 spiro atoms. The predicted octanol–water partition coefficient (Wildman–Crippen LogP) is 0.660. The number of ether oxygens (including phenoxy) is 1. The zero-order valence-corrected chi connectivity index (χ0v) is 12.0. The molecular formula is C13H24N4O2. The van der Waals surface area contributed by atoms with E-state index >= 15 is 0 Å². The van der Waals surface area contributed by atoms with Crippen LogP contribution in [-0.4, -0.2) is 56.2 Å². The summed E-state index contributed by atoms with van der Waals surface area (Å²) in [6.45, 7) is 9.51. The molecule has 6 nitrogen and oxygen atoms in total. The minimum Gasteiger partial charge on any atom is -0.394 e. The lowest BCUT2D eigenvalue weighted by molar-refractivity contribution is -0.151. The highest BCUT2D eigenvalue weighted by Crippen LogP contribution is 2.21. The Hall–Kier alpha value is -0.980. The molecule has 0 bridgehead atoms. The van der Waals surface area contributed by atoms with Gasteiger partial charge in [-0.15, -0.1) is 0 Å². The highest BCUT2D eigenvalue weighted by Gasteiger charge is 2.33. The third-order valence-electron chi connectivity index (χ3n) is 3.25. The Morgan fingerprint density at radius 3 is 3.00 bits per heavy atom. The molecule has 1 fully saturated rings. The molecule has 6 heteroatoms. The molecule has 19 heavy (non-hydrogen) atoms. The van der Waals surface area contributed by atoms with Crippen LogP contribution in [0.1, 0.15) is 33.0 Å². The number of hydrogen-bond donors (Lipinski definition) is 1. The van der Waals surface area contributed by atoms with Crippen molar-refractivity contribution in [3.05, 3.63) is 12.2 Å². The number of aliphatic hydroxyl groups is 1. The largest absolute Gasteiger partial charge is 0.394 e. The normalized spacial score (nSPS) is 23.7. The maximum absolute atomic E-state index is 9.32. The standard InChI is InChI=1S/C13H24N4O2/c1-4-5-17-12(14-10-15-17)7-16-6-11(8-18)19-13(2,3)9-16/h10-11,18H,4-9H2,1-3H3. The molecule has 108 valence electrons. The summed E-state index contributed by atoms with van der Waals surface area (Å²) in [5, 5.41) is 13.6. The van der Waals surface area contributed by atoms with Gasteiger partial charge in [0.2, 0.25) is 0 Å². The first-order chi connectivity index (χ1) is 9.04. The number of nitrogens with zero attached hydrogens (tertiary/aromatic N) is 4. The first-order valence-electron chi connectivity index (χ1n) is 6.92. The summed E-state index contributed by atoms with van der Waals surface area (Å²) in [5.41, 5.74) is -0.235. The lowest BCUT2D eigenvalue weighted by Crippen LogP contribution is -2.53. The van der Waals surface area contributed by atoms with Gasteiger partial charge in [-0.05, 0) is 20.3 Å². The molecule has 0 aliphatic carbocycles. The van der Waals surface area contributed by atoms with Gasteiger partial charge in [-0.25, -0.2) is 9.67 Å². The Bertz CT molecular complexity index is 405. The van der Waals surface area contributed by atoms with Crippen molar-refractivity contribution < 1.29 is 9.84 Å². The first-order valence-corrected chi connectivity index (χ1v) is 6.92. The second kappa shape index (κ2) is 5.98. The summed E-state index contributed by atoms with van der Waals surface area (Å²) in [7, 11) is 0. The fraction of sp³-hybridized carbons (Fsp3) is 0.846. The van der Waals surface area contributed by atoms with E-state index in [9.17, 15) is 5.11 Å². The van der Waals surface area contributed by atoms with Crippen LogP contribution in [0.3, 0.4) is 0 Å². The van der Waals surface area contributed by atoms with Crippen molar-refractivity contribution in [1.29, 1.82) is 0 Å². The molecule has 1 atom stereocenters. The van der Waals surface area contributed by atoms with Crippen molar-refractivity contribution in [2.75, 3.05) is 19.7 Å².